The molecule has 0 aliphatic rings. The summed E-state index contributed by atoms with van der Waals surface area (Å²) in [5.41, 5.74) is 10.3. The fourth-order valence-electron chi connectivity index (χ4n) is 6.58. The molecule has 0 amide bonds. The van der Waals surface area contributed by atoms with Gasteiger partial charge < -0.3 is 8.83 Å². The van der Waals surface area contributed by atoms with Crippen LogP contribution in [0.15, 0.2) is 148 Å². The molecule has 0 saturated heterocycles. The molecule has 9 rings (SSSR count). The second-order valence-electron chi connectivity index (χ2n) is 11.2. The zero-order valence-electron chi connectivity index (χ0n) is 23.5. The molecule has 3 heteroatoms. The summed E-state index contributed by atoms with van der Waals surface area (Å²) >= 11 is 0. The van der Waals surface area contributed by atoms with E-state index in [1.807, 2.05) is 48.5 Å². The van der Waals surface area contributed by atoms with Gasteiger partial charge in [-0.25, -0.2) is 0 Å². The largest absolute Gasteiger partial charge is 0.455 e. The normalized spacial score (nSPS) is 11.6. The first kappa shape index (κ1) is 24.5. The van der Waals surface area contributed by atoms with Gasteiger partial charge in [0.1, 0.15) is 22.3 Å². The van der Waals surface area contributed by atoms with Gasteiger partial charge in [0, 0.05) is 21.5 Å². The number of rotatable bonds is 3. The lowest BCUT2D eigenvalue weighted by Gasteiger charge is -2.10. The van der Waals surface area contributed by atoms with E-state index in [1.54, 1.807) is 0 Å². The number of nitrogens with zero attached hydrogens (tertiary/aromatic N) is 1. The Kier molecular flexibility index (Phi) is 5.26. The molecule has 44 heavy (non-hydrogen) atoms. The van der Waals surface area contributed by atoms with Gasteiger partial charge >= 0.3 is 0 Å². The van der Waals surface area contributed by atoms with Crippen molar-refractivity contribution >= 4 is 54.6 Å². The summed E-state index contributed by atoms with van der Waals surface area (Å²) < 4.78 is 13.0. The lowest BCUT2D eigenvalue weighted by Crippen LogP contribution is -1.86. The maximum atomic E-state index is 9.62. The average Bonchev–Trinajstić information content (AvgIpc) is 3.65. The molecule has 3 nitrogen and oxygen atoms in total. The van der Waals surface area contributed by atoms with Crippen molar-refractivity contribution in [3.8, 4) is 39.4 Å². The Morgan fingerprint density at radius 2 is 1.00 bits per heavy atom. The van der Waals surface area contributed by atoms with Gasteiger partial charge in [-0.3, -0.25) is 0 Å². The summed E-state index contributed by atoms with van der Waals surface area (Å²) in [5.74, 6) is 0. The Morgan fingerprint density at radius 1 is 0.432 bits per heavy atom. The first-order chi connectivity index (χ1) is 21.7. The molecule has 9 aromatic rings. The van der Waals surface area contributed by atoms with Crippen molar-refractivity contribution < 1.29 is 8.83 Å². The monoisotopic (exact) mass is 561 g/mol. The minimum atomic E-state index is 0.675. The minimum absolute atomic E-state index is 0.675. The Bertz CT molecular complexity index is 2540. The third kappa shape index (κ3) is 3.68. The van der Waals surface area contributed by atoms with Crippen LogP contribution in [0.1, 0.15) is 5.56 Å². The molecule has 0 aliphatic heterocycles. The lowest BCUT2D eigenvalue weighted by atomic mass is 9.94. The van der Waals surface area contributed by atoms with Crippen LogP contribution in [0.5, 0.6) is 0 Å². The summed E-state index contributed by atoms with van der Waals surface area (Å²) in [6, 6.07) is 50.2. The van der Waals surface area contributed by atoms with Gasteiger partial charge in [-0.05, 0) is 81.1 Å². The Morgan fingerprint density at radius 3 is 1.70 bits per heavy atom. The summed E-state index contributed by atoms with van der Waals surface area (Å²) in [6.45, 7) is 0. The maximum Gasteiger partial charge on any atom is 0.147 e. The number of hydrogen-bond donors (Lipinski definition) is 0. The fraction of sp³-hybridized carbons (Fsp3) is 0. The van der Waals surface area contributed by atoms with E-state index in [0.717, 1.165) is 88.0 Å². The van der Waals surface area contributed by atoms with Gasteiger partial charge in [0.25, 0.3) is 0 Å². The van der Waals surface area contributed by atoms with E-state index in [4.69, 9.17) is 8.83 Å². The first-order valence-electron chi connectivity index (χ1n) is 14.6. The third-order valence-corrected chi connectivity index (χ3v) is 8.69. The molecule has 7 aromatic carbocycles. The molecule has 0 fully saturated rings. The highest BCUT2D eigenvalue weighted by Gasteiger charge is 2.21. The van der Waals surface area contributed by atoms with Crippen LogP contribution in [-0.2, 0) is 0 Å². The molecule has 0 saturated carbocycles. The number of hydrogen-bond acceptors (Lipinski definition) is 3. The van der Waals surface area contributed by atoms with Crippen LogP contribution in [0, 0.1) is 11.3 Å². The number of benzene rings is 7. The zero-order chi connectivity index (χ0) is 29.2. The number of nitriles is 1. The SMILES string of the molecule is N#Cc1ccccc1-c1cccc(-c2ccc3cc(-c4c5oc6ccccc6c5cc5c4oc4ccccc45)ccc3c2)c1. The van der Waals surface area contributed by atoms with E-state index in [0.29, 0.717) is 5.56 Å². The van der Waals surface area contributed by atoms with E-state index < -0.39 is 0 Å². The van der Waals surface area contributed by atoms with Gasteiger partial charge in [0.2, 0.25) is 0 Å². The first-order valence-corrected chi connectivity index (χ1v) is 14.6. The van der Waals surface area contributed by atoms with Crippen LogP contribution in [0.25, 0.3) is 88.0 Å². The van der Waals surface area contributed by atoms with Crippen molar-refractivity contribution in [1.82, 2.24) is 0 Å². The molecule has 0 aliphatic carbocycles. The molecule has 2 heterocycles. The topological polar surface area (TPSA) is 50.1 Å². The average molecular weight is 562 g/mol. The Hall–Kier alpha value is -6.11. The molecule has 0 unspecified atom stereocenters. The summed E-state index contributed by atoms with van der Waals surface area (Å²) in [4.78, 5) is 0. The minimum Gasteiger partial charge on any atom is -0.455 e. The predicted octanol–water partition coefficient (Wildman–Crippen LogP) is 11.5. The summed E-state index contributed by atoms with van der Waals surface area (Å²) in [6.07, 6.45) is 0. The van der Waals surface area contributed by atoms with Gasteiger partial charge in [0.05, 0.1) is 17.2 Å². The molecule has 0 N–H and O–H groups in total. The van der Waals surface area contributed by atoms with Gasteiger partial charge in [-0.2, -0.15) is 5.26 Å². The number of para-hydroxylation sites is 2. The summed E-state index contributed by atoms with van der Waals surface area (Å²) in [7, 11) is 0. The second kappa shape index (κ2) is 9.46. The molecule has 0 spiro atoms. The van der Waals surface area contributed by atoms with Crippen molar-refractivity contribution in [3.05, 3.63) is 145 Å². The van der Waals surface area contributed by atoms with Crippen molar-refractivity contribution in [2.24, 2.45) is 0 Å². The fourth-order valence-corrected chi connectivity index (χ4v) is 6.58. The highest BCUT2D eigenvalue weighted by Crippen LogP contribution is 2.45. The predicted molar refractivity (Wildman–Crippen MR) is 180 cm³/mol. The van der Waals surface area contributed by atoms with Crippen LogP contribution < -0.4 is 0 Å². The highest BCUT2D eigenvalue weighted by atomic mass is 16.3. The van der Waals surface area contributed by atoms with Crippen molar-refractivity contribution in [2.45, 2.75) is 0 Å². The van der Waals surface area contributed by atoms with Crippen molar-refractivity contribution in [3.63, 3.8) is 0 Å². The van der Waals surface area contributed by atoms with Gasteiger partial charge in [-0.15, -0.1) is 0 Å². The van der Waals surface area contributed by atoms with E-state index in [2.05, 4.69) is 97.1 Å². The van der Waals surface area contributed by atoms with Gasteiger partial charge in [-0.1, -0.05) is 97.1 Å². The van der Waals surface area contributed by atoms with Crippen LogP contribution in [0.4, 0.5) is 0 Å². The van der Waals surface area contributed by atoms with Crippen molar-refractivity contribution in [2.75, 3.05) is 0 Å². The van der Waals surface area contributed by atoms with Crippen LogP contribution in [0.2, 0.25) is 0 Å². The smallest absolute Gasteiger partial charge is 0.147 e. The van der Waals surface area contributed by atoms with E-state index in [1.165, 1.54) is 0 Å². The molecule has 2 aromatic heterocycles. The third-order valence-electron chi connectivity index (χ3n) is 8.69. The van der Waals surface area contributed by atoms with E-state index in [9.17, 15) is 5.26 Å². The molecule has 0 radical (unpaired) electrons. The van der Waals surface area contributed by atoms with Crippen LogP contribution in [0.3, 0.4) is 0 Å². The zero-order valence-corrected chi connectivity index (χ0v) is 23.5. The Balaban J connectivity index is 1.21. The molecule has 0 atom stereocenters. The summed E-state index contributed by atoms with van der Waals surface area (Å²) in [5, 5.41) is 16.3. The molecule has 204 valence electrons. The Labute approximate surface area is 252 Å². The van der Waals surface area contributed by atoms with E-state index in [-0.39, 0.29) is 0 Å². The van der Waals surface area contributed by atoms with Gasteiger partial charge in [0.15, 0.2) is 0 Å². The van der Waals surface area contributed by atoms with Crippen LogP contribution >= 0.6 is 0 Å². The quantitative estimate of drug-likeness (QED) is 0.216. The highest BCUT2D eigenvalue weighted by molar-refractivity contribution is 6.22. The standard InChI is InChI=1S/C41H23NO2/c42-24-31-8-1-2-11-32(31)29-10-7-9-25(21-29)26-16-17-28-22-30(19-18-27(28)20-26)39-40-35(33-12-3-5-14-37(33)43-40)23-36-34-13-4-6-15-38(34)44-41(36)39/h1-23H. The number of fused-ring (bicyclic) bond motifs is 7. The lowest BCUT2D eigenvalue weighted by molar-refractivity contribution is 0.658. The molecule has 0 bridgehead atoms. The molecular weight excluding hydrogens is 538 g/mol. The van der Waals surface area contributed by atoms with Crippen molar-refractivity contribution in [1.29, 1.82) is 5.26 Å². The number of furan rings is 2. The molecular formula is C41H23NO2. The maximum absolute atomic E-state index is 9.62. The van der Waals surface area contributed by atoms with Crippen LogP contribution in [-0.4, -0.2) is 0 Å². The second-order valence-corrected chi connectivity index (χ2v) is 11.2. The van der Waals surface area contributed by atoms with E-state index >= 15 is 0 Å².